The number of hydrogen-bond acceptors (Lipinski definition) is 6. The normalized spacial score (nSPS) is 21.0. The van der Waals surface area contributed by atoms with Gasteiger partial charge in [-0.15, -0.1) is 11.3 Å². The Morgan fingerprint density at radius 1 is 1.18 bits per heavy atom. The largest absolute Gasteiger partial charge is 0.462 e. The Bertz CT molecular complexity index is 831. The first-order chi connectivity index (χ1) is 13.4. The molecule has 7 nitrogen and oxygen atoms in total. The van der Waals surface area contributed by atoms with E-state index < -0.39 is 11.9 Å². The first-order valence-electron chi connectivity index (χ1n) is 9.48. The number of fused-ring (bicyclic) bond motifs is 1. The zero-order chi connectivity index (χ0) is 20.4. The smallest absolute Gasteiger partial charge is 0.341 e. The molecule has 8 heteroatoms. The van der Waals surface area contributed by atoms with E-state index in [1.807, 2.05) is 26.0 Å². The highest BCUT2D eigenvalue weighted by Gasteiger charge is 2.47. The van der Waals surface area contributed by atoms with Gasteiger partial charge < -0.3 is 10.1 Å². The molecule has 0 unspecified atom stereocenters. The number of likely N-dealkylation sites (tertiary alicyclic amines) is 1. The van der Waals surface area contributed by atoms with Gasteiger partial charge in [0, 0.05) is 4.88 Å². The van der Waals surface area contributed by atoms with Crippen LogP contribution in [0.15, 0.2) is 12.2 Å². The predicted molar refractivity (Wildman–Crippen MR) is 105 cm³/mol. The van der Waals surface area contributed by atoms with Crippen LogP contribution >= 0.6 is 11.3 Å². The maximum absolute atomic E-state index is 12.6. The van der Waals surface area contributed by atoms with Crippen LogP contribution in [-0.2, 0) is 25.5 Å². The zero-order valence-electron chi connectivity index (χ0n) is 16.2. The molecule has 28 heavy (non-hydrogen) atoms. The van der Waals surface area contributed by atoms with Gasteiger partial charge in [-0.3, -0.25) is 19.3 Å². The second-order valence-corrected chi connectivity index (χ2v) is 8.11. The van der Waals surface area contributed by atoms with Crippen molar-refractivity contribution in [1.29, 1.82) is 0 Å². The second-order valence-electron chi connectivity index (χ2n) is 6.88. The van der Waals surface area contributed by atoms with E-state index in [0.717, 1.165) is 15.3 Å². The van der Waals surface area contributed by atoms with E-state index in [1.165, 1.54) is 11.3 Å². The molecule has 2 atom stereocenters. The SMILES string of the molecule is CCOC(=O)c1c(NC(=O)CN2C(=O)[C@@H]3CC=CC[C@H]3C2=O)sc(C)c1CC. The van der Waals surface area contributed by atoms with Gasteiger partial charge in [0.2, 0.25) is 17.7 Å². The number of rotatable bonds is 6. The molecule has 3 amide bonds. The number of carbonyl (C=O) groups excluding carboxylic acids is 4. The van der Waals surface area contributed by atoms with Crippen molar-refractivity contribution >= 4 is 40.0 Å². The second kappa shape index (κ2) is 8.26. The molecule has 1 fully saturated rings. The summed E-state index contributed by atoms with van der Waals surface area (Å²) in [4.78, 5) is 52.0. The molecule has 0 aromatic carbocycles. The Labute approximate surface area is 167 Å². The summed E-state index contributed by atoms with van der Waals surface area (Å²) >= 11 is 1.30. The minimum atomic E-state index is -0.497. The van der Waals surface area contributed by atoms with Crippen LogP contribution in [0.5, 0.6) is 0 Å². The average Bonchev–Trinajstić information content (AvgIpc) is 3.11. The Morgan fingerprint density at radius 3 is 2.32 bits per heavy atom. The first-order valence-corrected chi connectivity index (χ1v) is 10.3. The number of nitrogens with one attached hydrogen (secondary N) is 1. The van der Waals surface area contributed by atoms with Crippen LogP contribution in [0.3, 0.4) is 0 Å². The lowest BCUT2D eigenvalue weighted by Crippen LogP contribution is -2.38. The Balaban J connectivity index is 1.76. The van der Waals surface area contributed by atoms with E-state index in [9.17, 15) is 19.2 Å². The average molecular weight is 404 g/mol. The molecule has 1 aliphatic heterocycles. The van der Waals surface area contributed by atoms with Crippen LogP contribution in [0.2, 0.25) is 0 Å². The van der Waals surface area contributed by atoms with Crippen molar-refractivity contribution in [2.45, 2.75) is 40.0 Å². The highest BCUT2D eigenvalue weighted by atomic mass is 32.1. The molecule has 2 aliphatic rings. The molecular formula is C20H24N2O5S. The van der Waals surface area contributed by atoms with Gasteiger partial charge >= 0.3 is 5.97 Å². The van der Waals surface area contributed by atoms with Crippen LogP contribution in [-0.4, -0.2) is 41.7 Å². The topological polar surface area (TPSA) is 92.8 Å². The number of imide groups is 1. The van der Waals surface area contributed by atoms with E-state index in [1.54, 1.807) is 6.92 Å². The van der Waals surface area contributed by atoms with Crippen LogP contribution in [0.1, 0.15) is 47.5 Å². The maximum atomic E-state index is 12.6. The third-order valence-electron chi connectivity index (χ3n) is 5.20. The molecule has 1 saturated heterocycles. The van der Waals surface area contributed by atoms with Gasteiger partial charge in [-0.25, -0.2) is 4.79 Å². The van der Waals surface area contributed by atoms with Gasteiger partial charge in [-0.2, -0.15) is 0 Å². The molecular weight excluding hydrogens is 380 g/mol. The minimum absolute atomic E-state index is 0.234. The number of nitrogens with zero attached hydrogens (tertiary/aromatic N) is 1. The van der Waals surface area contributed by atoms with E-state index in [0.29, 0.717) is 29.8 Å². The summed E-state index contributed by atoms with van der Waals surface area (Å²) in [6.45, 7) is 5.43. The summed E-state index contributed by atoms with van der Waals surface area (Å²) in [5.41, 5.74) is 1.20. The van der Waals surface area contributed by atoms with E-state index in [4.69, 9.17) is 4.74 Å². The number of allylic oxidation sites excluding steroid dienone is 2. The van der Waals surface area contributed by atoms with E-state index in [-0.39, 0.29) is 36.8 Å². The summed E-state index contributed by atoms with van der Waals surface area (Å²) in [6.07, 6.45) is 5.50. The van der Waals surface area contributed by atoms with Gasteiger partial charge in [0.05, 0.1) is 24.0 Å². The summed E-state index contributed by atoms with van der Waals surface area (Å²) in [6, 6.07) is 0. The zero-order valence-corrected chi connectivity index (χ0v) is 17.1. The molecule has 1 aromatic rings. The molecule has 0 spiro atoms. The standard InChI is InChI=1S/C20H24N2O5S/c1-4-12-11(3)28-17(16(12)20(26)27-5-2)21-15(23)10-22-18(24)13-8-6-7-9-14(13)19(22)25/h6-7,13-14H,4-5,8-10H2,1-3H3,(H,21,23)/t13-,14-/m1/s1. The summed E-state index contributed by atoms with van der Waals surface area (Å²) < 4.78 is 5.13. The molecule has 3 rings (SSSR count). The molecule has 150 valence electrons. The number of amides is 3. The molecule has 0 saturated carbocycles. The van der Waals surface area contributed by atoms with Crippen molar-refractivity contribution in [3.05, 3.63) is 28.2 Å². The number of thiophene rings is 1. The third kappa shape index (κ3) is 3.61. The fraction of sp³-hybridized carbons (Fsp3) is 0.500. The van der Waals surface area contributed by atoms with E-state index >= 15 is 0 Å². The lowest BCUT2D eigenvalue weighted by Gasteiger charge is -2.14. The number of anilines is 1. The van der Waals surface area contributed by atoms with Crippen molar-refractivity contribution < 1.29 is 23.9 Å². The lowest BCUT2D eigenvalue weighted by molar-refractivity contribution is -0.142. The van der Waals surface area contributed by atoms with Gasteiger partial charge in [0.1, 0.15) is 11.5 Å². The summed E-state index contributed by atoms with van der Waals surface area (Å²) in [5, 5.41) is 3.11. The monoisotopic (exact) mass is 404 g/mol. The van der Waals surface area contributed by atoms with Crippen LogP contribution in [0.4, 0.5) is 5.00 Å². The van der Waals surface area contributed by atoms with Gasteiger partial charge in [0.25, 0.3) is 0 Å². The number of aryl methyl sites for hydroxylation is 1. The number of hydrogen-bond donors (Lipinski definition) is 1. The number of esters is 1. The predicted octanol–water partition coefficient (Wildman–Crippen LogP) is 2.69. The molecule has 1 aromatic heterocycles. The number of carbonyl (C=O) groups is 4. The van der Waals surface area contributed by atoms with Crippen LogP contribution < -0.4 is 5.32 Å². The Kier molecular flexibility index (Phi) is 5.98. The van der Waals surface area contributed by atoms with Crippen molar-refractivity contribution in [3.8, 4) is 0 Å². The third-order valence-corrected chi connectivity index (χ3v) is 6.26. The van der Waals surface area contributed by atoms with Crippen molar-refractivity contribution in [1.82, 2.24) is 4.90 Å². The lowest BCUT2D eigenvalue weighted by atomic mass is 9.85. The fourth-order valence-corrected chi connectivity index (χ4v) is 5.00. The highest BCUT2D eigenvalue weighted by Crippen LogP contribution is 2.36. The fourth-order valence-electron chi connectivity index (χ4n) is 3.85. The van der Waals surface area contributed by atoms with Crippen molar-refractivity contribution in [2.24, 2.45) is 11.8 Å². The molecule has 0 bridgehead atoms. The number of ether oxygens (including phenoxy) is 1. The van der Waals surface area contributed by atoms with Gasteiger partial charge in [-0.05, 0) is 38.7 Å². The highest BCUT2D eigenvalue weighted by molar-refractivity contribution is 7.16. The Morgan fingerprint density at radius 2 is 1.79 bits per heavy atom. The quantitative estimate of drug-likeness (QED) is 0.447. The van der Waals surface area contributed by atoms with Gasteiger partial charge in [-0.1, -0.05) is 19.1 Å². The maximum Gasteiger partial charge on any atom is 0.341 e. The van der Waals surface area contributed by atoms with Gasteiger partial charge in [0.15, 0.2) is 0 Å². The molecule has 1 N–H and O–H groups in total. The first kappa shape index (κ1) is 20.3. The summed E-state index contributed by atoms with van der Waals surface area (Å²) in [5.74, 6) is -2.30. The van der Waals surface area contributed by atoms with Crippen molar-refractivity contribution in [2.75, 3.05) is 18.5 Å². The van der Waals surface area contributed by atoms with E-state index in [2.05, 4.69) is 5.32 Å². The van der Waals surface area contributed by atoms with Crippen molar-refractivity contribution in [3.63, 3.8) is 0 Å². The van der Waals surface area contributed by atoms with Crippen LogP contribution in [0.25, 0.3) is 0 Å². The minimum Gasteiger partial charge on any atom is -0.462 e. The summed E-state index contributed by atoms with van der Waals surface area (Å²) in [7, 11) is 0. The Hall–Kier alpha value is -2.48. The molecule has 0 radical (unpaired) electrons. The molecule has 1 aliphatic carbocycles. The molecule has 2 heterocycles. The van der Waals surface area contributed by atoms with Crippen LogP contribution in [0, 0.1) is 18.8 Å².